The molecule has 5 rings (SSSR count). The SMILES string of the molecule is COc1ccc2ncc(F)c(CCN3CCN(NC(=O)C(=O)c4c[nH]c5ccccc45)CC3)c2n1. The molecule has 4 heterocycles. The molecule has 0 saturated carbocycles. The Bertz CT molecular complexity index is 1400. The molecular weight excluding hydrogens is 451 g/mol. The normalized spacial score (nSPS) is 14.9. The highest BCUT2D eigenvalue weighted by Crippen LogP contribution is 2.22. The fourth-order valence-electron chi connectivity index (χ4n) is 4.36. The first-order valence-electron chi connectivity index (χ1n) is 11.4. The van der Waals surface area contributed by atoms with E-state index in [4.69, 9.17) is 4.74 Å². The van der Waals surface area contributed by atoms with Crippen LogP contribution < -0.4 is 10.2 Å². The van der Waals surface area contributed by atoms with Crippen LogP contribution in [0.25, 0.3) is 21.9 Å². The Labute approximate surface area is 200 Å². The highest BCUT2D eigenvalue weighted by molar-refractivity contribution is 6.44. The summed E-state index contributed by atoms with van der Waals surface area (Å²) in [6.07, 6.45) is 3.26. The summed E-state index contributed by atoms with van der Waals surface area (Å²) in [5, 5.41) is 2.47. The fraction of sp³-hybridized carbons (Fsp3) is 0.280. The van der Waals surface area contributed by atoms with Crippen molar-refractivity contribution in [3.05, 3.63) is 65.7 Å². The Morgan fingerprint density at radius 2 is 1.94 bits per heavy atom. The van der Waals surface area contributed by atoms with Crippen LogP contribution in [0.5, 0.6) is 5.88 Å². The number of benzene rings is 1. The van der Waals surface area contributed by atoms with Gasteiger partial charge >= 0.3 is 5.91 Å². The minimum Gasteiger partial charge on any atom is -0.481 e. The molecule has 3 aromatic heterocycles. The van der Waals surface area contributed by atoms with Gasteiger partial charge in [-0.25, -0.2) is 14.4 Å². The third kappa shape index (κ3) is 4.71. The second kappa shape index (κ2) is 9.77. The molecule has 0 unspecified atom stereocenters. The lowest BCUT2D eigenvalue weighted by Gasteiger charge is -2.34. The van der Waals surface area contributed by atoms with Crippen LogP contribution in [0.4, 0.5) is 4.39 Å². The van der Waals surface area contributed by atoms with Gasteiger partial charge in [0.15, 0.2) is 0 Å². The number of Topliss-reactive ketones (excluding diaryl/α,β-unsaturated/α-hetero) is 1. The van der Waals surface area contributed by atoms with E-state index in [1.807, 2.05) is 24.3 Å². The number of carbonyl (C=O) groups is 2. The topological polar surface area (TPSA) is 103 Å². The van der Waals surface area contributed by atoms with Gasteiger partial charge in [-0.2, -0.15) is 0 Å². The number of H-pyrrole nitrogens is 1. The number of para-hydroxylation sites is 1. The first-order valence-corrected chi connectivity index (χ1v) is 11.4. The molecule has 0 spiro atoms. The van der Waals surface area contributed by atoms with Crippen LogP contribution in [0, 0.1) is 5.82 Å². The molecule has 1 aliphatic heterocycles. The molecule has 10 heteroatoms. The van der Waals surface area contributed by atoms with Gasteiger partial charge in [0.2, 0.25) is 5.88 Å². The van der Waals surface area contributed by atoms with Crippen LogP contribution >= 0.6 is 0 Å². The van der Waals surface area contributed by atoms with E-state index in [1.165, 1.54) is 13.3 Å². The number of aromatic nitrogens is 3. The van der Waals surface area contributed by atoms with Gasteiger partial charge in [0.05, 0.1) is 29.9 Å². The number of hydrogen-bond acceptors (Lipinski definition) is 7. The van der Waals surface area contributed by atoms with Crippen molar-refractivity contribution in [2.24, 2.45) is 0 Å². The Morgan fingerprint density at radius 1 is 1.14 bits per heavy atom. The number of hydrazine groups is 1. The number of amides is 1. The number of rotatable bonds is 7. The van der Waals surface area contributed by atoms with Crippen LogP contribution in [0.3, 0.4) is 0 Å². The van der Waals surface area contributed by atoms with Gasteiger partial charge in [-0.1, -0.05) is 18.2 Å². The Hall–Kier alpha value is -3.89. The van der Waals surface area contributed by atoms with Crippen molar-refractivity contribution in [2.45, 2.75) is 6.42 Å². The van der Waals surface area contributed by atoms with Crippen molar-refractivity contribution in [3.63, 3.8) is 0 Å². The zero-order valence-electron chi connectivity index (χ0n) is 19.3. The van der Waals surface area contributed by atoms with Crippen LogP contribution in [-0.2, 0) is 11.2 Å². The summed E-state index contributed by atoms with van der Waals surface area (Å²) in [4.78, 5) is 39.0. The quantitative estimate of drug-likeness (QED) is 0.312. The average Bonchev–Trinajstić information content (AvgIpc) is 3.32. The number of hydrogen-bond donors (Lipinski definition) is 2. The minimum absolute atomic E-state index is 0.355. The molecular formula is C25H25FN6O3. The molecule has 0 bridgehead atoms. The van der Waals surface area contributed by atoms with Crippen molar-refractivity contribution in [2.75, 3.05) is 39.8 Å². The molecule has 35 heavy (non-hydrogen) atoms. The first-order chi connectivity index (χ1) is 17.0. The second-order valence-electron chi connectivity index (χ2n) is 8.40. The molecule has 9 nitrogen and oxygen atoms in total. The van der Waals surface area contributed by atoms with E-state index in [9.17, 15) is 14.0 Å². The summed E-state index contributed by atoms with van der Waals surface area (Å²) >= 11 is 0. The molecule has 0 aliphatic carbocycles. The van der Waals surface area contributed by atoms with Crippen LogP contribution in [0.1, 0.15) is 15.9 Å². The number of ketones is 1. The molecule has 2 N–H and O–H groups in total. The number of aromatic amines is 1. The van der Waals surface area contributed by atoms with E-state index in [1.54, 1.807) is 23.3 Å². The summed E-state index contributed by atoms with van der Waals surface area (Å²) in [7, 11) is 1.52. The van der Waals surface area contributed by atoms with Crippen molar-refractivity contribution in [3.8, 4) is 5.88 Å². The van der Waals surface area contributed by atoms with Crippen molar-refractivity contribution in [1.82, 2.24) is 30.3 Å². The lowest BCUT2D eigenvalue weighted by molar-refractivity contribution is -0.122. The second-order valence-corrected chi connectivity index (χ2v) is 8.40. The Morgan fingerprint density at radius 3 is 2.74 bits per heavy atom. The Kier molecular flexibility index (Phi) is 6.39. The highest BCUT2D eigenvalue weighted by atomic mass is 19.1. The number of nitrogens with zero attached hydrogens (tertiary/aromatic N) is 4. The van der Waals surface area contributed by atoms with Crippen LogP contribution in [-0.4, -0.2) is 76.4 Å². The number of carbonyl (C=O) groups excluding carboxylic acids is 2. The minimum atomic E-state index is -0.659. The highest BCUT2D eigenvalue weighted by Gasteiger charge is 2.24. The maximum atomic E-state index is 14.6. The van der Waals surface area contributed by atoms with Gasteiger partial charge < -0.3 is 14.6 Å². The van der Waals surface area contributed by atoms with Crippen molar-refractivity contribution in [1.29, 1.82) is 0 Å². The van der Waals surface area contributed by atoms with E-state index in [0.717, 1.165) is 10.9 Å². The van der Waals surface area contributed by atoms with Gasteiger partial charge in [0.1, 0.15) is 5.82 Å². The van der Waals surface area contributed by atoms with E-state index < -0.39 is 11.7 Å². The number of piperazine rings is 1. The number of fused-ring (bicyclic) bond motifs is 2. The van der Waals surface area contributed by atoms with Gasteiger partial charge in [-0.05, 0) is 18.6 Å². The third-order valence-corrected chi connectivity index (χ3v) is 6.30. The van der Waals surface area contributed by atoms with Gasteiger partial charge in [0.25, 0.3) is 5.78 Å². The smallest absolute Gasteiger partial charge is 0.306 e. The molecule has 1 amide bonds. The molecule has 1 fully saturated rings. The summed E-state index contributed by atoms with van der Waals surface area (Å²) in [5.74, 6) is -1.21. The predicted octanol–water partition coefficient (Wildman–Crippen LogP) is 2.33. The fourth-order valence-corrected chi connectivity index (χ4v) is 4.36. The molecule has 0 radical (unpaired) electrons. The molecule has 1 aromatic carbocycles. The first kappa shape index (κ1) is 22.9. The number of nitrogens with one attached hydrogen (secondary N) is 2. The maximum absolute atomic E-state index is 14.6. The number of ether oxygens (including phenoxy) is 1. The number of methoxy groups -OCH3 is 1. The Balaban J connectivity index is 1.17. The van der Waals surface area contributed by atoms with Gasteiger partial charge in [-0.15, -0.1) is 0 Å². The van der Waals surface area contributed by atoms with E-state index in [2.05, 4.69) is 25.3 Å². The monoisotopic (exact) mass is 476 g/mol. The van der Waals surface area contributed by atoms with Crippen molar-refractivity contribution >= 4 is 33.6 Å². The standard InChI is InChI=1S/C25H25FN6O3/c1-35-22-7-6-21-23(29-22)17(19(26)15-28-21)8-9-31-10-12-32(13-11-31)30-25(34)24(33)18-14-27-20-5-3-2-4-16(18)20/h2-7,14-15,27H,8-13H2,1H3,(H,30,34). The molecule has 1 aliphatic rings. The summed E-state index contributed by atoms with van der Waals surface area (Å²) in [6, 6.07) is 10.8. The number of halogens is 1. The zero-order chi connectivity index (χ0) is 24.4. The molecule has 4 aromatic rings. The summed E-state index contributed by atoms with van der Waals surface area (Å²) in [5.41, 5.74) is 5.52. The van der Waals surface area contributed by atoms with E-state index >= 15 is 0 Å². The van der Waals surface area contributed by atoms with Gasteiger partial charge in [0, 0.05) is 61.5 Å². The maximum Gasteiger partial charge on any atom is 0.306 e. The van der Waals surface area contributed by atoms with E-state index in [-0.39, 0.29) is 5.82 Å². The lowest BCUT2D eigenvalue weighted by Crippen LogP contribution is -2.55. The predicted molar refractivity (Wildman–Crippen MR) is 129 cm³/mol. The summed E-state index contributed by atoms with van der Waals surface area (Å²) < 4.78 is 19.7. The average molecular weight is 477 g/mol. The molecule has 180 valence electrons. The van der Waals surface area contributed by atoms with Crippen LogP contribution in [0.15, 0.2) is 48.8 Å². The zero-order valence-corrected chi connectivity index (χ0v) is 19.3. The van der Waals surface area contributed by atoms with Gasteiger partial charge in [-0.3, -0.25) is 20.0 Å². The van der Waals surface area contributed by atoms with E-state index in [0.29, 0.717) is 67.2 Å². The third-order valence-electron chi connectivity index (χ3n) is 6.30. The molecule has 1 saturated heterocycles. The summed E-state index contributed by atoms with van der Waals surface area (Å²) in [6.45, 7) is 3.08. The van der Waals surface area contributed by atoms with Crippen molar-refractivity contribution < 1.29 is 18.7 Å². The number of pyridine rings is 2. The lowest BCUT2D eigenvalue weighted by atomic mass is 10.1. The molecule has 0 atom stereocenters. The van der Waals surface area contributed by atoms with Crippen LogP contribution in [0.2, 0.25) is 0 Å². The largest absolute Gasteiger partial charge is 0.481 e.